The zero-order valence-corrected chi connectivity index (χ0v) is 14.6. The Balaban J connectivity index is 1.66. The van der Waals surface area contributed by atoms with Gasteiger partial charge in [0.15, 0.2) is 5.13 Å². The van der Waals surface area contributed by atoms with E-state index in [1.165, 1.54) is 11.3 Å². The van der Waals surface area contributed by atoms with Crippen molar-refractivity contribution < 1.29 is 9.84 Å². The number of anilines is 1. The van der Waals surface area contributed by atoms with Crippen LogP contribution in [0.3, 0.4) is 0 Å². The molecule has 1 N–H and O–H groups in total. The van der Waals surface area contributed by atoms with Crippen LogP contribution in [0.2, 0.25) is 0 Å². The zero-order chi connectivity index (χ0) is 15.8. The molecule has 118 valence electrons. The molecule has 0 saturated carbocycles. The van der Waals surface area contributed by atoms with Crippen molar-refractivity contribution in [3.05, 3.63) is 33.1 Å². The first-order chi connectivity index (χ1) is 11.2. The third kappa shape index (κ3) is 2.91. The highest BCUT2D eigenvalue weighted by Crippen LogP contribution is 2.38. The number of rotatable bonds is 2. The molecule has 0 spiro atoms. The fourth-order valence-corrected chi connectivity index (χ4v) is 3.94. The fraction of sp³-hybridized carbons (Fsp3) is 0.250. The lowest BCUT2D eigenvalue weighted by Gasteiger charge is -2.25. The van der Waals surface area contributed by atoms with Crippen molar-refractivity contribution in [3.63, 3.8) is 0 Å². The summed E-state index contributed by atoms with van der Waals surface area (Å²) in [4.78, 5) is 11.6. The summed E-state index contributed by atoms with van der Waals surface area (Å²) in [5.41, 5.74) is 2.98. The molecule has 0 unspecified atom stereocenters. The van der Waals surface area contributed by atoms with Gasteiger partial charge in [-0.1, -0.05) is 27.3 Å². The predicted octanol–water partition coefficient (Wildman–Crippen LogP) is 3.70. The summed E-state index contributed by atoms with van der Waals surface area (Å²) >= 11 is 4.98. The first-order valence-electron chi connectivity index (χ1n) is 7.29. The predicted molar refractivity (Wildman–Crippen MR) is 97.0 cm³/mol. The van der Waals surface area contributed by atoms with Crippen LogP contribution >= 0.6 is 27.3 Å². The van der Waals surface area contributed by atoms with E-state index in [-0.39, 0.29) is 5.88 Å². The van der Waals surface area contributed by atoms with Gasteiger partial charge in [-0.15, -0.1) is 0 Å². The number of hydrogen-bond acceptors (Lipinski definition) is 6. The van der Waals surface area contributed by atoms with Crippen molar-refractivity contribution in [2.75, 3.05) is 31.2 Å². The smallest absolute Gasteiger partial charge is 0.231 e. The van der Waals surface area contributed by atoms with E-state index in [2.05, 4.69) is 30.8 Å². The molecule has 5 nitrogen and oxygen atoms in total. The lowest BCUT2D eigenvalue weighted by Crippen LogP contribution is -2.36. The standard InChI is InChI=1S/C16H14BrN3O2S/c17-11-1-2-13-12(8-11)10(9-18-13)7-14-15(21)19-16(23-14)20-3-5-22-6-4-20/h1-2,7-9,21H,3-6H2/b10-7+. The second-order valence-corrected chi connectivity index (χ2v) is 7.23. The first kappa shape index (κ1) is 14.9. The van der Waals surface area contributed by atoms with Crippen molar-refractivity contribution in [2.45, 2.75) is 0 Å². The summed E-state index contributed by atoms with van der Waals surface area (Å²) in [5.74, 6) is 0.0702. The van der Waals surface area contributed by atoms with E-state index in [1.807, 2.05) is 30.5 Å². The van der Waals surface area contributed by atoms with Gasteiger partial charge >= 0.3 is 0 Å². The maximum Gasteiger partial charge on any atom is 0.231 e. The molecule has 2 aliphatic rings. The molecule has 1 aromatic heterocycles. The summed E-state index contributed by atoms with van der Waals surface area (Å²) in [6, 6.07) is 5.98. The monoisotopic (exact) mass is 391 g/mol. The topological polar surface area (TPSA) is 58.0 Å². The fourth-order valence-electron chi connectivity index (χ4n) is 2.61. The largest absolute Gasteiger partial charge is 0.492 e. The van der Waals surface area contributed by atoms with Gasteiger partial charge in [-0.2, -0.15) is 4.98 Å². The molecule has 0 amide bonds. The Morgan fingerprint density at radius 3 is 2.96 bits per heavy atom. The van der Waals surface area contributed by atoms with Crippen LogP contribution in [-0.2, 0) is 4.74 Å². The quantitative estimate of drug-likeness (QED) is 0.847. The Bertz CT molecular complexity index is 810. The second kappa shape index (κ2) is 6.07. The molecule has 1 fully saturated rings. The number of fused-ring (bicyclic) bond motifs is 1. The molecule has 0 atom stereocenters. The van der Waals surface area contributed by atoms with E-state index in [9.17, 15) is 5.11 Å². The highest BCUT2D eigenvalue weighted by Gasteiger charge is 2.19. The highest BCUT2D eigenvalue weighted by molar-refractivity contribution is 9.10. The summed E-state index contributed by atoms with van der Waals surface area (Å²) in [6.45, 7) is 3.01. The molecule has 0 radical (unpaired) electrons. The molecular formula is C16H14BrN3O2S. The minimum Gasteiger partial charge on any atom is -0.492 e. The van der Waals surface area contributed by atoms with E-state index < -0.39 is 0 Å². The molecule has 1 saturated heterocycles. The van der Waals surface area contributed by atoms with Crippen LogP contribution in [0, 0.1) is 0 Å². The van der Waals surface area contributed by atoms with E-state index >= 15 is 0 Å². The van der Waals surface area contributed by atoms with Crippen molar-refractivity contribution in [3.8, 4) is 5.88 Å². The molecule has 0 bridgehead atoms. The average molecular weight is 392 g/mol. The average Bonchev–Trinajstić information content (AvgIpc) is 3.13. The number of aliphatic imine (C=N–C) groups is 1. The lowest BCUT2D eigenvalue weighted by atomic mass is 10.1. The Hall–Kier alpha value is -1.70. The van der Waals surface area contributed by atoms with E-state index in [1.54, 1.807) is 0 Å². The summed E-state index contributed by atoms with van der Waals surface area (Å²) < 4.78 is 6.36. The van der Waals surface area contributed by atoms with Gasteiger partial charge in [0.25, 0.3) is 0 Å². The van der Waals surface area contributed by atoms with Gasteiger partial charge < -0.3 is 14.7 Å². The van der Waals surface area contributed by atoms with Gasteiger partial charge in [-0.05, 0) is 24.3 Å². The third-order valence-corrected chi connectivity index (χ3v) is 5.35. The normalized spacial score (nSPS) is 18.7. The molecular weight excluding hydrogens is 378 g/mol. The van der Waals surface area contributed by atoms with E-state index in [0.29, 0.717) is 13.2 Å². The highest BCUT2D eigenvalue weighted by atomic mass is 79.9. The number of morpholine rings is 1. The maximum absolute atomic E-state index is 10.2. The molecule has 2 aliphatic heterocycles. The Morgan fingerprint density at radius 1 is 1.30 bits per heavy atom. The van der Waals surface area contributed by atoms with E-state index in [4.69, 9.17) is 4.74 Å². The lowest BCUT2D eigenvalue weighted by molar-refractivity contribution is 0.122. The number of nitrogens with zero attached hydrogens (tertiary/aromatic N) is 3. The van der Waals surface area contributed by atoms with E-state index in [0.717, 1.165) is 44.4 Å². The van der Waals surface area contributed by atoms with Crippen molar-refractivity contribution >= 4 is 55.9 Å². The molecule has 4 rings (SSSR count). The van der Waals surface area contributed by atoms with Gasteiger partial charge in [0.05, 0.1) is 23.8 Å². The number of thiazole rings is 1. The van der Waals surface area contributed by atoms with Gasteiger partial charge in [-0.3, -0.25) is 4.99 Å². The number of hydrogen-bond donors (Lipinski definition) is 1. The molecule has 23 heavy (non-hydrogen) atoms. The van der Waals surface area contributed by atoms with Crippen LogP contribution in [0.5, 0.6) is 5.88 Å². The van der Waals surface area contributed by atoms with Crippen LogP contribution < -0.4 is 4.90 Å². The van der Waals surface area contributed by atoms with Gasteiger partial charge in [0.2, 0.25) is 5.88 Å². The molecule has 3 heterocycles. The molecule has 7 heteroatoms. The minimum absolute atomic E-state index is 0.0702. The van der Waals surface area contributed by atoms with Crippen LogP contribution in [0.25, 0.3) is 11.6 Å². The first-order valence-corrected chi connectivity index (χ1v) is 8.90. The number of benzene rings is 1. The number of aromatic hydroxyl groups is 1. The van der Waals surface area contributed by atoms with Crippen molar-refractivity contribution in [2.24, 2.45) is 4.99 Å². The summed E-state index contributed by atoms with van der Waals surface area (Å²) in [7, 11) is 0. The number of aromatic nitrogens is 1. The second-order valence-electron chi connectivity index (χ2n) is 5.30. The van der Waals surface area contributed by atoms with Crippen LogP contribution in [-0.4, -0.2) is 42.6 Å². The van der Waals surface area contributed by atoms with Crippen LogP contribution in [0.1, 0.15) is 10.4 Å². The Labute approximate surface area is 146 Å². The number of ether oxygens (including phenoxy) is 1. The van der Waals surface area contributed by atoms with Gasteiger partial charge in [-0.25, -0.2) is 0 Å². The van der Waals surface area contributed by atoms with Crippen LogP contribution in [0.15, 0.2) is 27.7 Å². The molecule has 0 aliphatic carbocycles. The van der Waals surface area contributed by atoms with Crippen molar-refractivity contribution in [1.82, 2.24) is 4.98 Å². The van der Waals surface area contributed by atoms with Crippen molar-refractivity contribution in [1.29, 1.82) is 0 Å². The number of halogens is 1. The maximum atomic E-state index is 10.2. The summed E-state index contributed by atoms with van der Waals surface area (Å²) in [5, 5.41) is 11.0. The summed E-state index contributed by atoms with van der Waals surface area (Å²) in [6.07, 6.45) is 3.77. The zero-order valence-electron chi connectivity index (χ0n) is 12.2. The Morgan fingerprint density at radius 2 is 2.13 bits per heavy atom. The molecule has 1 aromatic carbocycles. The SMILES string of the molecule is Oc1nc(N2CCOCC2)sc1/C=C1\C=Nc2ccc(Br)cc21. The van der Waals surface area contributed by atoms with Crippen LogP contribution in [0.4, 0.5) is 10.8 Å². The van der Waals surface area contributed by atoms with Gasteiger partial charge in [0, 0.05) is 34.9 Å². The van der Waals surface area contributed by atoms with Gasteiger partial charge in [0.1, 0.15) is 0 Å². The molecule has 2 aromatic rings. The Kier molecular flexibility index (Phi) is 3.92. The minimum atomic E-state index is 0.0702. The third-order valence-electron chi connectivity index (χ3n) is 3.80. The number of allylic oxidation sites excluding steroid dienone is 1.